The highest BCUT2D eigenvalue weighted by atomic mass is 32.1. The normalized spacial score (nSPS) is 19.7. The summed E-state index contributed by atoms with van der Waals surface area (Å²) in [7, 11) is 1.49. The van der Waals surface area contributed by atoms with Gasteiger partial charge in [-0.3, -0.25) is 9.69 Å². The first-order valence-corrected chi connectivity index (χ1v) is 9.29. The number of ether oxygens (including phenoxy) is 2. The fourth-order valence-corrected chi connectivity index (χ4v) is 3.31. The third-order valence-corrected chi connectivity index (χ3v) is 5.10. The van der Waals surface area contributed by atoms with Gasteiger partial charge in [0.1, 0.15) is 6.10 Å². The monoisotopic (exact) mass is 392 g/mol. The summed E-state index contributed by atoms with van der Waals surface area (Å²) in [6.07, 6.45) is -0.655. The topological polar surface area (TPSA) is 74.4 Å². The fraction of sp³-hybridized carbons (Fsp3) is 0.500. The van der Waals surface area contributed by atoms with E-state index in [1.54, 1.807) is 11.8 Å². The number of rotatable bonds is 4. The average molecular weight is 392 g/mol. The lowest BCUT2D eigenvalue weighted by Crippen LogP contribution is -2.48. The summed E-state index contributed by atoms with van der Waals surface area (Å²) in [5.74, 6) is 0.118. The van der Waals surface area contributed by atoms with Crippen LogP contribution in [0.1, 0.15) is 6.92 Å². The molecule has 1 aromatic carbocycles. The smallest absolute Gasteiger partial charge is 0.414 e. The van der Waals surface area contributed by atoms with Crippen LogP contribution in [0.5, 0.6) is 0 Å². The van der Waals surface area contributed by atoms with Crippen molar-refractivity contribution in [2.24, 2.45) is 0 Å². The highest BCUT2D eigenvalue weighted by molar-refractivity contribution is 7.80. The van der Waals surface area contributed by atoms with E-state index in [9.17, 15) is 9.59 Å². The van der Waals surface area contributed by atoms with E-state index in [4.69, 9.17) is 21.7 Å². The lowest BCUT2D eigenvalue weighted by molar-refractivity contribution is -0.129. The molecule has 1 atom stereocenters. The fourth-order valence-electron chi connectivity index (χ4n) is 3.23. The summed E-state index contributed by atoms with van der Waals surface area (Å²) in [5, 5.41) is 3.18. The summed E-state index contributed by atoms with van der Waals surface area (Å²) >= 11 is 4.93. The summed E-state index contributed by atoms with van der Waals surface area (Å²) in [6, 6.07) is 7.84. The minimum atomic E-state index is -0.368. The molecule has 27 heavy (non-hydrogen) atoms. The van der Waals surface area contributed by atoms with Gasteiger partial charge in [0.2, 0.25) is 5.91 Å². The van der Waals surface area contributed by atoms with Crippen molar-refractivity contribution in [3.05, 3.63) is 24.3 Å². The van der Waals surface area contributed by atoms with Crippen molar-refractivity contribution in [1.82, 2.24) is 10.2 Å². The Balaban J connectivity index is 1.56. The van der Waals surface area contributed by atoms with Gasteiger partial charge >= 0.3 is 6.09 Å². The predicted octanol–water partition coefficient (Wildman–Crippen LogP) is 1.20. The largest absolute Gasteiger partial charge is 0.474 e. The van der Waals surface area contributed by atoms with E-state index in [2.05, 4.69) is 10.2 Å². The maximum atomic E-state index is 12.1. The number of amides is 2. The molecule has 3 rings (SSSR count). The van der Waals surface area contributed by atoms with E-state index in [-0.39, 0.29) is 23.3 Å². The van der Waals surface area contributed by atoms with Crippen LogP contribution in [0.15, 0.2) is 24.3 Å². The zero-order valence-corrected chi connectivity index (χ0v) is 16.3. The van der Waals surface area contributed by atoms with Crippen LogP contribution < -0.4 is 15.1 Å². The molecule has 0 aliphatic carbocycles. The number of piperazine rings is 1. The Kier molecular flexibility index (Phi) is 6.00. The zero-order valence-electron chi connectivity index (χ0n) is 15.5. The maximum absolute atomic E-state index is 12.1. The van der Waals surface area contributed by atoms with Crippen LogP contribution in [0.2, 0.25) is 0 Å². The van der Waals surface area contributed by atoms with Crippen LogP contribution in [0, 0.1) is 0 Å². The molecule has 1 unspecified atom stereocenters. The van der Waals surface area contributed by atoms with Crippen LogP contribution in [0.25, 0.3) is 0 Å². The average Bonchev–Trinajstić information content (AvgIpc) is 3.07. The second kappa shape index (κ2) is 8.43. The number of nitrogens with one attached hydrogen (secondary N) is 1. The van der Waals surface area contributed by atoms with Crippen molar-refractivity contribution in [2.45, 2.75) is 13.0 Å². The Morgan fingerprint density at radius 3 is 2.44 bits per heavy atom. The van der Waals surface area contributed by atoms with Gasteiger partial charge in [0.05, 0.1) is 20.2 Å². The van der Waals surface area contributed by atoms with Gasteiger partial charge in [0.15, 0.2) is 0 Å². The number of anilines is 2. The van der Waals surface area contributed by atoms with Crippen molar-refractivity contribution in [3.63, 3.8) is 0 Å². The number of hydrogen-bond donors (Lipinski definition) is 1. The molecule has 0 bridgehead atoms. The van der Waals surface area contributed by atoms with Crippen LogP contribution in [-0.2, 0) is 14.3 Å². The van der Waals surface area contributed by atoms with Gasteiger partial charge in [-0.25, -0.2) is 4.79 Å². The van der Waals surface area contributed by atoms with Gasteiger partial charge in [-0.05, 0) is 36.5 Å². The van der Waals surface area contributed by atoms with E-state index in [1.165, 1.54) is 7.11 Å². The number of nitrogens with zero attached hydrogens (tertiary/aromatic N) is 3. The first-order chi connectivity index (χ1) is 13.0. The van der Waals surface area contributed by atoms with E-state index in [1.807, 2.05) is 29.2 Å². The van der Waals surface area contributed by atoms with Gasteiger partial charge < -0.3 is 24.6 Å². The molecule has 2 saturated heterocycles. The molecule has 8 nitrogen and oxygen atoms in total. The molecular formula is C18H24N4O4S. The molecular weight excluding hydrogens is 368 g/mol. The van der Waals surface area contributed by atoms with Crippen molar-refractivity contribution >= 4 is 40.8 Å². The molecule has 1 aromatic rings. The first-order valence-electron chi connectivity index (χ1n) is 8.88. The lowest BCUT2D eigenvalue weighted by atomic mass is 10.2. The minimum absolute atomic E-state index is 0.118. The molecule has 2 aliphatic heterocycles. The molecule has 146 valence electrons. The summed E-state index contributed by atoms with van der Waals surface area (Å²) < 4.78 is 10.2. The third-order valence-electron chi connectivity index (χ3n) is 4.79. The number of hydrogen-bond acceptors (Lipinski definition) is 6. The van der Waals surface area contributed by atoms with Crippen molar-refractivity contribution in [3.8, 4) is 0 Å². The first kappa shape index (κ1) is 19.2. The molecule has 2 heterocycles. The lowest BCUT2D eigenvalue weighted by Gasteiger charge is -2.35. The summed E-state index contributed by atoms with van der Waals surface area (Å²) in [5.41, 5.74) is 1.88. The van der Waals surface area contributed by atoms with Crippen molar-refractivity contribution in [1.29, 1.82) is 0 Å². The summed E-state index contributed by atoms with van der Waals surface area (Å²) in [6.45, 7) is 5.53. The van der Waals surface area contributed by atoms with Crippen LogP contribution in [-0.4, -0.2) is 74.6 Å². The number of cyclic esters (lactones) is 1. The minimum Gasteiger partial charge on any atom is -0.474 e. The Labute approximate surface area is 164 Å². The van der Waals surface area contributed by atoms with Crippen molar-refractivity contribution in [2.75, 3.05) is 56.2 Å². The van der Waals surface area contributed by atoms with Crippen molar-refractivity contribution < 1.29 is 19.1 Å². The Bertz CT molecular complexity index is 704. The van der Waals surface area contributed by atoms with Gasteiger partial charge in [-0.15, -0.1) is 0 Å². The predicted molar refractivity (Wildman–Crippen MR) is 106 cm³/mol. The number of thiocarbonyl (C=S) groups is 1. The standard InChI is InChI=1S/C18H24N4O4S/c1-13(23)20-7-9-21(10-8-20)14-3-5-15(6-4-14)22-12-16(26-18(22)24)11-19-17(27)25-2/h3-6,16H,7-12H2,1-2H3,(H,19,27). The molecule has 0 radical (unpaired) electrons. The molecule has 2 aliphatic rings. The second-order valence-electron chi connectivity index (χ2n) is 6.50. The maximum Gasteiger partial charge on any atom is 0.414 e. The Morgan fingerprint density at radius 2 is 1.85 bits per heavy atom. The van der Waals surface area contributed by atoms with E-state index >= 15 is 0 Å². The Morgan fingerprint density at radius 1 is 1.22 bits per heavy atom. The van der Waals surface area contributed by atoms with Gasteiger partial charge in [0.25, 0.3) is 5.17 Å². The molecule has 2 fully saturated rings. The van der Waals surface area contributed by atoms with E-state index in [0.717, 1.165) is 37.6 Å². The van der Waals surface area contributed by atoms with Gasteiger partial charge in [-0.2, -0.15) is 0 Å². The SMILES string of the molecule is COC(=S)NCC1CN(c2ccc(N3CCN(C(C)=O)CC3)cc2)C(=O)O1. The van der Waals surface area contributed by atoms with E-state index in [0.29, 0.717) is 13.1 Å². The van der Waals surface area contributed by atoms with Crippen LogP contribution in [0.3, 0.4) is 0 Å². The zero-order chi connectivity index (χ0) is 19.4. The van der Waals surface area contributed by atoms with E-state index < -0.39 is 0 Å². The molecule has 9 heteroatoms. The summed E-state index contributed by atoms with van der Waals surface area (Å²) in [4.78, 5) is 29.3. The third kappa shape index (κ3) is 4.60. The number of methoxy groups -OCH3 is 1. The van der Waals surface area contributed by atoms with Gasteiger partial charge in [-0.1, -0.05) is 0 Å². The molecule has 2 amide bonds. The second-order valence-corrected chi connectivity index (χ2v) is 6.87. The van der Waals surface area contributed by atoms with Crippen LogP contribution in [0.4, 0.5) is 16.2 Å². The Hall–Kier alpha value is -2.55. The highest BCUT2D eigenvalue weighted by Gasteiger charge is 2.32. The van der Waals surface area contributed by atoms with Gasteiger partial charge in [0, 0.05) is 44.5 Å². The molecule has 1 N–H and O–H groups in total. The molecule has 0 spiro atoms. The molecule has 0 aromatic heterocycles. The molecule has 0 saturated carbocycles. The quantitative estimate of drug-likeness (QED) is 0.772. The number of benzene rings is 1. The number of carbonyl (C=O) groups excluding carboxylic acids is 2. The van der Waals surface area contributed by atoms with Crippen LogP contribution >= 0.6 is 12.2 Å². The number of carbonyl (C=O) groups is 2. The highest BCUT2D eigenvalue weighted by Crippen LogP contribution is 2.25.